The SMILES string of the molecule is C=CC(=S)N(C)C(=O)N(C)CC(F)(F)F. The Morgan fingerprint density at radius 1 is 1.47 bits per heavy atom. The summed E-state index contributed by atoms with van der Waals surface area (Å²) in [4.78, 5) is 12.9. The molecule has 0 aromatic heterocycles. The molecule has 0 aliphatic heterocycles. The van der Waals surface area contributed by atoms with Crippen LogP contribution in [0.3, 0.4) is 0 Å². The quantitative estimate of drug-likeness (QED) is 0.544. The largest absolute Gasteiger partial charge is 0.406 e. The van der Waals surface area contributed by atoms with Gasteiger partial charge in [-0.05, 0) is 6.08 Å². The summed E-state index contributed by atoms with van der Waals surface area (Å²) < 4.78 is 35.8. The molecule has 0 radical (unpaired) electrons. The van der Waals surface area contributed by atoms with Gasteiger partial charge in [0.2, 0.25) is 0 Å². The molecular weight excluding hydrogens is 229 g/mol. The molecular formula is C8H11F3N2OS. The maximum atomic E-state index is 11.9. The maximum Gasteiger partial charge on any atom is 0.406 e. The van der Waals surface area contributed by atoms with Gasteiger partial charge in [-0.25, -0.2) is 4.79 Å². The first-order chi connectivity index (χ1) is 6.69. The molecule has 0 spiro atoms. The summed E-state index contributed by atoms with van der Waals surface area (Å²) in [5.74, 6) is 0. The van der Waals surface area contributed by atoms with Gasteiger partial charge in [0, 0.05) is 14.1 Å². The van der Waals surface area contributed by atoms with Gasteiger partial charge in [-0.2, -0.15) is 13.2 Å². The molecule has 0 aromatic rings. The van der Waals surface area contributed by atoms with Crippen molar-refractivity contribution >= 4 is 23.2 Å². The number of alkyl halides is 3. The Hall–Kier alpha value is -1.11. The predicted molar refractivity (Wildman–Crippen MR) is 54.6 cm³/mol. The summed E-state index contributed by atoms with van der Waals surface area (Å²) in [6, 6.07) is -0.822. The van der Waals surface area contributed by atoms with Gasteiger partial charge >= 0.3 is 12.2 Å². The van der Waals surface area contributed by atoms with E-state index in [1.165, 1.54) is 13.1 Å². The second-order valence-electron chi connectivity index (χ2n) is 2.86. The number of carbonyl (C=O) groups is 1. The lowest BCUT2D eigenvalue weighted by molar-refractivity contribution is -0.138. The third-order valence-electron chi connectivity index (χ3n) is 1.54. The molecule has 0 N–H and O–H groups in total. The van der Waals surface area contributed by atoms with Crippen LogP contribution in [0, 0.1) is 0 Å². The van der Waals surface area contributed by atoms with Crippen LogP contribution in [0.25, 0.3) is 0 Å². The summed E-state index contributed by atoms with van der Waals surface area (Å²) >= 11 is 4.69. The van der Waals surface area contributed by atoms with Crippen LogP contribution in [0.15, 0.2) is 12.7 Å². The van der Waals surface area contributed by atoms with Gasteiger partial charge in [0.05, 0.1) is 0 Å². The number of carbonyl (C=O) groups excluding carboxylic acids is 1. The van der Waals surface area contributed by atoms with E-state index in [2.05, 4.69) is 6.58 Å². The van der Waals surface area contributed by atoms with E-state index in [4.69, 9.17) is 12.2 Å². The topological polar surface area (TPSA) is 23.6 Å². The van der Waals surface area contributed by atoms with Gasteiger partial charge in [0.25, 0.3) is 0 Å². The average Bonchev–Trinajstić information content (AvgIpc) is 2.11. The molecule has 15 heavy (non-hydrogen) atoms. The van der Waals surface area contributed by atoms with Crippen molar-refractivity contribution in [1.82, 2.24) is 9.80 Å². The van der Waals surface area contributed by atoms with E-state index in [-0.39, 0.29) is 4.99 Å². The number of nitrogens with zero attached hydrogens (tertiary/aromatic N) is 2. The first kappa shape index (κ1) is 13.9. The monoisotopic (exact) mass is 240 g/mol. The van der Waals surface area contributed by atoms with Gasteiger partial charge in [-0.3, -0.25) is 4.90 Å². The lowest BCUT2D eigenvalue weighted by Gasteiger charge is -2.24. The number of urea groups is 1. The zero-order valence-electron chi connectivity index (χ0n) is 8.34. The number of likely N-dealkylation sites (N-methyl/N-ethyl adjacent to an activating group) is 1. The van der Waals surface area contributed by atoms with Crippen molar-refractivity contribution in [3.63, 3.8) is 0 Å². The molecule has 0 saturated carbocycles. The predicted octanol–water partition coefficient (Wildman–Crippen LogP) is 2.05. The van der Waals surface area contributed by atoms with Crippen LogP contribution < -0.4 is 0 Å². The molecule has 0 saturated heterocycles. The molecule has 3 nitrogen and oxygen atoms in total. The zero-order valence-corrected chi connectivity index (χ0v) is 9.15. The van der Waals surface area contributed by atoms with Crippen LogP contribution in [-0.4, -0.2) is 47.6 Å². The molecule has 0 heterocycles. The van der Waals surface area contributed by atoms with Crippen LogP contribution >= 0.6 is 12.2 Å². The lowest BCUT2D eigenvalue weighted by atomic mass is 10.5. The van der Waals surface area contributed by atoms with Crippen molar-refractivity contribution in [2.45, 2.75) is 6.18 Å². The fourth-order valence-corrected chi connectivity index (χ4v) is 0.902. The van der Waals surface area contributed by atoms with Crippen LogP contribution in [0.2, 0.25) is 0 Å². The van der Waals surface area contributed by atoms with Crippen molar-refractivity contribution in [3.8, 4) is 0 Å². The third-order valence-corrected chi connectivity index (χ3v) is 1.98. The summed E-state index contributed by atoms with van der Waals surface area (Å²) in [5.41, 5.74) is 0. The number of hydrogen-bond acceptors (Lipinski definition) is 2. The Bertz CT molecular complexity index is 278. The summed E-state index contributed by atoms with van der Waals surface area (Å²) in [6.07, 6.45) is -3.20. The van der Waals surface area contributed by atoms with Crippen LogP contribution in [-0.2, 0) is 0 Å². The van der Waals surface area contributed by atoms with E-state index >= 15 is 0 Å². The molecule has 0 unspecified atom stereocenters. The van der Waals surface area contributed by atoms with Gasteiger partial charge in [0.15, 0.2) is 0 Å². The normalized spacial score (nSPS) is 10.7. The summed E-state index contributed by atoms with van der Waals surface area (Å²) in [6.45, 7) is 2.01. The minimum atomic E-state index is -4.42. The number of halogens is 3. The summed E-state index contributed by atoms with van der Waals surface area (Å²) in [7, 11) is 2.34. The van der Waals surface area contributed by atoms with Crippen LogP contribution in [0.1, 0.15) is 0 Å². The van der Waals surface area contributed by atoms with Gasteiger partial charge in [-0.1, -0.05) is 18.8 Å². The molecule has 0 bridgehead atoms. The highest BCUT2D eigenvalue weighted by Gasteiger charge is 2.32. The number of amides is 2. The van der Waals surface area contributed by atoms with E-state index in [9.17, 15) is 18.0 Å². The number of rotatable bonds is 2. The van der Waals surface area contributed by atoms with E-state index in [1.807, 2.05) is 0 Å². The van der Waals surface area contributed by atoms with Gasteiger partial charge in [-0.15, -0.1) is 0 Å². The third kappa shape index (κ3) is 4.78. The molecule has 0 fully saturated rings. The van der Waals surface area contributed by atoms with Crippen molar-refractivity contribution < 1.29 is 18.0 Å². The van der Waals surface area contributed by atoms with Crippen molar-refractivity contribution in [1.29, 1.82) is 0 Å². The standard InChI is InChI=1S/C8H11F3N2OS/c1-4-6(15)13(3)7(14)12(2)5-8(9,10)11/h4H,1,5H2,2-3H3. The Labute approximate surface area is 91.1 Å². The smallest absolute Gasteiger partial charge is 0.318 e. The Morgan fingerprint density at radius 2 is 1.93 bits per heavy atom. The number of thiocarbonyl (C=S) groups is 1. The maximum absolute atomic E-state index is 11.9. The Balaban J connectivity index is 4.45. The van der Waals surface area contributed by atoms with E-state index < -0.39 is 18.8 Å². The fraction of sp³-hybridized carbons (Fsp3) is 0.500. The Kier molecular flexibility index (Phi) is 4.73. The van der Waals surface area contributed by atoms with Crippen molar-refractivity contribution in [2.24, 2.45) is 0 Å². The second-order valence-corrected chi connectivity index (χ2v) is 3.27. The molecule has 7 heteroatoms. The van der Waals surface area contributed by atoms with Crippen LogP contribution in [0.5, 0.6) is 0 Å². The lowest BCUT2D eigenvalue weighted by Crippen LogP contribution is -2.44. The molecule has 0 aliphatic carbocycles. The van der Waals surface area contributed by atoms with Crippen molar-refractivity contribution in [2.75, 3.05) is 20.6 Å². The average molecular weight is 240 g/mol. The minimum absolute atomic E-state index is 0.0778. The molecule has 86 valence electrons. The molecule has 0 rings (SSSR count). The fourth-order valence-electron chi connectivity index (χ4n) is 0.824. The number of hydrogen-bond donors (Lipinski definition) is 0. The highest BCUT2D eigenvalue weighted by atomic mass is 32.1. The molecule has 2 amide bonds. The second kappa shape index (κ2) is 5.11. The first-order valence-electron chi connectivity index (χ1n) is 3.91. The van der Waals surface area contributed by atoms with Gasteiger partial charge in [0.1, 0.15) is 11.5 Å². The van der Waals surface area contributed by atoms with Gasteiger partial charge < -0.3 is 4.90 Å². The van der Waals surface area contributed by atoms with E-state index in [0.717, 1.165) is 11.9 Å². The molecule has 0 aliphatic rings. The molecule has 0 aromatic carbocycles. The first-order valence-corrected chi connectivity index (χ1v) is 4.32. The Morgan fingerprint density at radius 3 is 2.27 bits per heavy atom. The van der Waals surface area contributed by atoms with Crippen molar-refractivity contribution in [3.05, 3.63) is 12.7 Å². The van der Waals surface area contributed by atoms with E-state index in [0.29, 0.717) is 4.90 Å². The zero-order chi connectivity index (χ0) is 12.2. The van der Waals surface area contributed by atoms with Crippen LogP contribution in [0.4, 0.5) is 18.0 Å². The highest BCUT2D eigenvalue weighted by Crippen LogP contribution is 2.16. The summed E-state index contributed by atoms with van der Waals surface area (Å²) in [5, 5.41) is 0. The molecule has 0 atom stereocenters. The minimum Gasteiger partial charge on any atom is -0.318 e. The highest BCUT2D eigenvalue weighted by molar-refractivity contribution is 7.80. The van der Waals surface area contributed by atoms with E-state index in [1.54, 1.807) is 0 Å².